The predicted molar refractivity (Wildman–Crippen MR) is 87.1 cm³/mol. The van der Waals surface area contributed by atoms with E-state index >= 15 is 0 Å². The second kappa shape index (κ2) is 6.82. The summed E-state index contributed by atoms with van der Waals surface area (Å²) in [6.07, 6.45) is 0.594. The van der Waals surface area contributed by atoms with Gasteiger partial charge in [0.05, 0.1) is 0 Å². The average molecular weight is 317 g/mol. The number of anilines is 1. The van der Waals surface area contributed by atoms with Gasteiger partial charge in [-0.25, -0.2) is 4.79 Å². The van der Waals surface area contributed by atoms with Crippen LogP contribution < -0.4 is 16.3 Å². The van der Waals surface area contributed by atoms with E-state index in [1.165, 1.54) is 21.1 Å². The lowest BCUT2D eigenvalue weighted by Gasteiger charge is -2.13. The molecule has 1 heterocycles. The zero-order valence-electron chi connectivity index (χ0n) is 13.3. The fraction of sp³-hybridized carbons (Fsp3) is 0.267. The summed E-state index contributed by atoms with van der Waals surface area (Å²) in [5.41, 5.74) is 6.89. The van der Waals surface area contributed by atoms with E-state index < -0.39 is 0 Å². The number of imidazole rings is 1. The number of nitrogens with two attached hydrogens (primary N) is 1. The molecular formula is C15H19N5O3. The van der Waals surface area contributed by atoms with Crippen LogP contribution in [0.15, 0.2) is 40.3 Å². The van der Waals surface area contributed by atoms with Crippen LogP contribution in [0.4, 0.5) is 5.82 Å². The number of hydrogen-bond donors (Lipinski definition) is 1. The number of oxime groups is 1. The first-order valence-corrected chi connectivity index (χ1v) is 6.91. The van der Waals surface area contributed by atoms with E-state index in [1.54, 1.807) is 14.1 Å². The number of nitrogens with zero attached hydrogens (tertiary/aromatic N) is 4. The highest BCUT2D eigenvalue weighted by Crippen LogP contribution is 2.16. The van der Waals surface area contributed by atoms with Crippen LogP contribution in [0.5, 0.6) is 0 Å². The van der Waals surface area contributed by atoms with Gasteiger partial charge >= 0.3 is 5.69 Å². The molecule has 0 spiro atoms. The average Bonchev–Trinajstić information content (AvgIpc) is 2.79. The molecule has 0 saturated heterocycles. The second-order valence-corrected chi connectivity index (χ2v) is 5.02. The van der Waals surface area contributed by atoms with Gasteiger partial charge in [-0.1, -0.05) is 35.5 Å². The second-order valence-electron chi connectivity index (χ2n) is 5.02. The van der Waals surface area contributed by atoms with Crippen LogP contribution in [0.25, 0.3) is 0 Å². The van der Waals surface area contributed by atoms with E-state index in [4.69, 9.17) is 10.6 Å². The summed E-state index contributed by atoms with van der Waals surface area (Å²) in [5, 5.41) is 3.86. The van der Waals surface area contributed by atoms with Gasteiger partial charge in [-0.2, -0.15) is 0 Å². The first kappa shape index (κ1) is 16.3. The van der Waals surface area contributed by atoms with Crippen LogP contribution in [0.2, 0.25) is 0 Å². The molecule has 1 amide bonds. The number of aromatic nitrogens is 2. The summed E-state index contributed by atoms with van der Waals surface area (Å²) in [7, 11) is 4.64. The molecule has 1 aromatic heterocycles. The van der Waals surface area contributed by atoms with E-state index in [0.717, 1.165) is 5.56 Å². The molecule has 122 valence electrons. The van der Waals surface area contributed by atoms with E-state index in [0.29, 0.717) is 17.9 Å². The van der Waals surface area contributed by atoms with E-state index in [-0.39, 0.29) is 18.1 Å². The number of benzene rings is 1. The van der Waals surface area contributed by atoms with Gasteiger partial charge < -0.3 is 15.5 Å². The van der Waals surface area contributed by atoms with Crippen LogP contribution in [0.3, 0.4) is 0 Å². The van der Waals surface area contributed by atoms with Crippen LogP contribution in [-0.4, -0.2) is 28.4 Å². The topological polar surface area (TPSA) is 94.8 Å². The number of carbonyl (C=O) groups is 1. The third kappa shape index (κ3) is 3.25. The minimum absolute atomic E-state index is 0.0184. The van der Waals surface area contributed by atoms with Gasteiger partial charge in [0.15, 0.2) is 5.84 Å². The fourth-order valence-corrected chi connectivity index (χ4v) is 2.25. The molecule has 2 N–H and O–H groups in total. The van der Waals surface area contributed by atoms with Crippen molar-refractivity contribution in [2.75, 3.05) is 11.9 Å². The maximum atomic E-state index is 12.1. The van der Waals surface area contributed by atoms with Crippen molar-refractivity contribution in [2.45, 2.75) is 6.61 Å². The maximum Gasteiger partial charge on any atom is 0.329 e. The molecule has 23 heavy (non-hydrogen) atoms. The van der Waals surface area contributed by atoms with Crippen molar-refractivity contribution >= 4 is 18.1 Å². The number of hydrogen-bond acceptors (Lipinski definition) is 4. The van der Waals surface area contributed by atoms with Gasteiger partial charge in [0, 0.05) is 21.1 Å². The van der Waals surface area contributed by atoms with Crippen LogP contribution in [0, 0.1) is 0 Å². The van der Waals surface area contributed by atoms with Crippen molar-refractivity contribution in [2.24, 2.45) is 25.0 Å². The first-order valence-electron chi connectivity index (χ1n) is 6.91. The Morgan fingerprint density at radius 2 is 1.96 bits per heavy atom. The predicted octanol–water partition coefficient (Wildman–Crippen LogP) is 0.153. The summed E-state index contributed by atoms with van der Waals surface area (Å²) in [6, 6.07) is 9.49. The third-order valence-corrected chi connectivity index (χ3v) is 3.41. The molecule has 0 bridgehead atoms. The van der Waals surface area contributed by atoms with Gasteiger partial charge in [0.25, 0.3) is 0 Å². The summed E-state index contributed by atoms with van der Waals surface area (Å²) in [6.45, 7) is 0.251. The smallest absolute Gasteiger partial charge is 0.329 e. The molecule has 0 radical (unpaired) electrons. The number of amidine groups is 1. The minimum atomic E-state index is -0.315. The minimum Gasteiger partial charge on any atom is -0.389 e. The molecule has 0 fully saturated rings. The molecule has 8 heteroatoms. The van der Waals surface area contributed by atoms with Crippen molar-refractivity contribution < 1.29 is 9.63 Å². The Morgan fingerprint density at radius 3 is 2.57 bits per heavy atom. The quantitative estimate of drug-likeness (QED) is 0.355. The highest BCUT2D eigenvalue weighted by Gasteiger charge is 2.21. The summed E-state index contributed by atoms with van der Waals surface area (Å²) in [4.78, 5) is 29.6. The van der Waals surface area contributed by atoms with Gasteiger partial charge in [-0.3, -0.25) is 13.9 Å². The first-order chi connectivity index (χ1) is 11.0. The third-order valence-electron chi connectivity index (χ3n) is 3.41. The fourth-order valence-electron chi connectivity index (χ4n) is 2.25. The summed E-state index contributed by atoms with van der Waals surface area (Å²) in [5.74, 6) is 0.363. The number of rotatable bonds is 6. The molecular weight excluding hydrogens is 298 g/mol. The SMILES string of the molecule is CN(C=O)c1c(/C(N)=N/OCc2ccccc2)n(C)c(=O)n1C. The molecule has 0 unspecified atom stereocenters. The highest BCUT2D eigenvalue weighted by atomic mass is 16.6. The van der Waals surface area contributed by atoms with Crippen molar-refractivity contribution in [3.05, 3.63) is 52.1 Å². The molecule has 8 nitrogen and oxygen atoms in total. The molecule has 1 aromatic carbocycles. The molecule has 0 saturated carbocycles. The zero-order valence-corrected chi connectivity index (χ0v) is 13.3. The van der Waals surface area contributed by atoms with Crippen molar-refractivity contribution in [3.63, 3.8) is 0 Å². The Labute approximate surface area is 133 Å². The van der Waals surface area contributed by atoms with Gasteiger partial charge in [0.2, 0.25) is 6.41 Å². The Bertz CT molecular complexity index is 776. The molecule has 0 atom stereocenters. The van der Waals surface area contributed by atoms with E-state index in [9.17, 15) is 9.59 Å². The van der Waals surface area contributed by atoms with Gasteiger partial charge in [-0.05, 0) is 5.56 Å². The largest absolute Gasteiger partial charge is 0.389 e. The van der Waals surface area contributed by atoms with Crippen molar-refractivity contribution in [1.82, 2.24) is 9.13 Å². The van der Waals surface area contributed by atoms with Crippen LogP contribution >= 0.6 is 0 Å². The Balaban J connectivity index is 2.29. The number of amides is 1. The lowest BCUT2D eigenvalue weighted by atomic mass is 10.2. The molecule has 0 aliphatic heterocycles. The lowest BCUT2D eigenvalue weighted by molar-refractivity contribution is -0.107. The monoisotopic (exact) mass is 317 g/mol. The Kier molecular flexibility index (Phi) is 4.85. The Morgan fingerprint density at radius 1 is 1.30 bits per heavy atom. The van der Waals surface area contributed by atoms with Crippen molar-refractivity contribution in [3.8, 4) is 0 Å². The van der Waals surface area contributed by atoms with Crippen LogP contribution in [-0.2, 0) is 30.3 Å². The van der Waals surface area contributed by atoms with Crippen LogP contribution in [0.1, 0.15) is 11.3 Å². The van der Waals surface area contributed by atoms with E-state index in [2.05, 4.69) is 5.16 Å². The zero-order chi connectivity index (χ0) is 17.0. The normalized spacial score (nSPS) is 11.3. The summed E-state index contributed by atoms with van der Waals surface area (Å²) >= 11 is 0. The molecule has 0 aliphatic rings. The van der Waals surface area contributed by atoms with Crippen molar-refractivity contribution in [1.29, 1.82) is 0 Å². The molecule has 2 rings (SSSR count). The highest BCUT2D eigenvalue weighted by molar-refractivity contribution is 6.01. The number of carbonyl (C=O) groups excluding carboxylic acids is 1. The van der Waals surface area contributed by atoms with Gasteiger partial charge in [0.1, 0.15) is 18.1 Å². The molecule has 2 aromatic rings. The molecule has 0 aliphatic carbocycles. The standard InChI is InChI=1S/C15H19N5O3/c1-18(10-21)14-12(19(2)15(22)20(14)3)13(16)17-23-9-11-7-5-4-6-8-11/h4-8,10H,9H2,1-3H3,(H2,16,17). The maximum absolute atomic E-state index is 12.1. The lowest BCUT2D eigenvalue weighted by Crippen LogP contribution is -2.24. The van der Waals surface area contributed by atoms with Gasteiger partial charge in [-0.15, -0.1) is 0 Å². The summed E-state index contributed by atoms with van der Waals surface area (Å²) < 4.78 is 2.64. The Hall–Kier alpha value is -3.03. The van der Waals surface area contributed by atoms with E-state index in [1.807, 2.05) is 30.3 Å².